The zero-order valence-corrected chi connectivity index (χ0v) is 12.6. The normalized spacial score (nSPS) is 12.4. The second-order valence-electron chi connectivity index (χ2n) is 5.06. The fourth-order valence-electron chi connectivity index (χ4n) is 1.75. The minimum atomic E-state index is 1.11. The number of benzene rings is 1. The Labute approximate surface area is 117 Å². The van der Waals surface area contributed by atoms with Gasteiger partial charge >= 0.3 is 0 Å². The van der Waals surface area contributed by atoms with E-state index in [4.69, 9.17) is 0 Å². The second-order valence-corrected chi connectivity index (χ2v) is 5.06. The first-order chi connectivity index (χ1) is 9.02. The van der Waals surface area contributed by atoms with Crippen molar-refractivity contribution in [1.82, 2.24) is 0 Å². The van der Waals surface area contributed by atoms with Gasteiger partial charge in [0.05, 0.1) is 0 Å². The van der Waals surface area contributed by atoms with Crippen molar-refractivity contribution in [2.45, 2.75) is 40.5 Å². The van der Waals surface area contributed by atoms with Crippen molar-refractivity contribution in [3.8, 4) is 0 Å². The van der Waals surface area contributed by atoms with Crippen LogP contribution in [0.5, 0.6) is 0 Å². The second kappa shape index (κ2) is 7.63. The molecule has 0 aliphatic carbocycles. The van der Waals surface area contributed by atoms with Crippen LogP contribution in [0.1, 0.15) is 39.7 Å². The maximum atomic E-state index is 3.93. The third-order valence-corrected chi connectivity index (χ3v) is 3.06. The van der Waals surface area contributed by atoms with E-state index in [1.165, 1.54) is 17.6 Å². The lowest BCUT2D eigenvalue weighted by Crippen LogP contribution is -1.96. The van der Waals surface area contributed by atoms with Crippen LogP contribution in [-0.2, 0) is 6.42 Å². The molecule has 0 aliphatic rings. The summed E-state index contributed by atoms with van der Waals surface area (Å²) >= 11 is 0. The Hall–Kier alpha value is -1.76. The van der Waals surface area contributed by atoms with Gasteiger partial charge in [-0.15, -0.1) is 0 Å². The molecule has 102 valence electrons. The molecule has 0 saturated heterocycles. The first kappa shape index (κ1) is 15.3. The highest BCUT2D eigenvalue weighted by atomic mass is 14.9. The van der Waals surface area contributed by atoms with Gasteiger partial charge in [0, 0.05) is 11.4 Å². The van der Waals surface area contributed by atoms with E-state index < -0.39 is 0 Å². The number of allylic oxidation sites excluding steroid dienone is 5. The van der Waals surface area contributed by atoms with Crippen molar-refractivity contribution >= 4 is 5.69 Å². The minimum Gasteiger partial charge on any atom is -0.359 e. The Bertz CT molecular complexity index is 492. The summed E-state index contributed by atoms with van der Waals surface area (Å²) in [5, 5.41) is 3.42. The summed E-state index contributed by atoms with van der Waals surface area (Å²) in [6.07, 6.45) is 6.50. The topological polar surface area (TPSA) is 12.0 Å². The van der Waals surface area contributed by atoms with E-state index in [2.05, 4.69) is 69.1 Å². The van der Waals surface area contributed by atoms with Gasteiger partial charge in [0.25, 0.3) is 0 Å². The quantitative estimate of drug-likeness (QED) is 0.664. The van der Waals surface area contributed by atoms with Crippen LogP contribution in [-0.4, -0.2) is 0 Å². The van der Waals surface area contributed by atoms with E-state index in [0.717, 1.165) is 23.4 Å². The summed E-state index contributed by atoms with van der Waals surface area (Å²) in [4.78, 5) is 0. The lowest BCUT2D eigenvalue weighted by atomic mass is 10.1. The van der Waals surface area contributed by atoms with Crippen LogP contribution in [0, 0.1) is 0 Å². The maximum absolute atomic E-state index is 3.93. The molecule has 0 atom stereocenters. The van der Waals surface area contributed by atoms with Crippen molar-refractivity contribution in [2.24, 2.45) is 0 Å². The van der Waals surface area contributed by atoms with E-state index in [0.29, 0.717) is 0 Å². The molecule has 0 bridgehead atoms. The van der Waals surface area contributed by atoms with Gasteiger partial charge < -0.3 is 5.32 Å². The highest BCUT2D eigenvalue weighted by molar-refractivity contribution is 5.50. The molecule has 1 nitrogen and oxygen atoms in total. The van der Waals surface area contributed by atoms with Crippen molar-refractivity contribution in [2.75, 3.05) is 5.32 Å². The van der Waals surface area contributed by atoms with Crippen LogP contribution in [0.2, 0.25) is 0 Å². The average molecular weight is 255 g/mol. The van der Waals surface area contributed by atoms with Crippen LogP contribution in [0.3, 0.4) is 0 Å². The SMILES string of the molecule is C=C(C)/C(C)=C\C=C(/C)Nc1cccc(CCC)c1. The first-order valence-corrected chi connectivity index (χ1v) is 6.90. The van der Waals surface area contributed by atoms with Gasteiger partial charge in [-0.1, -0.05) is 43.7 Å². The molecule has 0 saturated carbocycles. The summed E-state index contributed by atoms with van der Waals surface area (Å²) in [6.45, 7) is 12.3. The van der Waals surface area contributed by atoms with Crippen molar-refractivity contribution in [3.63, 3.8) is 0 Å². The van der Waals surface area contributed by atoms with Crippen molar-refractivity contribution in [1.29, 1.82) is 0 Å². The van der Waals surface area contributed by atoms with Gasteiger partial charge in [-0.05, 0) is 56.5 Å². The Morgan fingerprint density at radius 3 is 2.58 bits per heavy atom. The van der Waals surface area contributed by atoms with Crippen molar-refractivity contribution in [3.05, 3.63) is 65.4 Å². The molecule has 0 spiro atoms. The Balaban J connectivity index is 2.73. The summed E-state index contributed by atoms with van der Waals surface area (Å²) < 4.78 is 0. The van der Waals surface area contributed by atoms with Gasteiger partial charge in [0.2, 0.25) is 0 Å². The van der Waals surface area contributed by atoms with E-state index in [-0.39, 0.29) is 0 Å². The maximum Gasteiger partial charge on any atom is 0.0384 e. The Morgan fingerprint density at radius 2 is 1.95 bits per heavy atom. The Morgan fingerprint density at radius 1 is 1.21 bits per heavy atom. The minimum absolute atomic E-state index is 1.11. The predicted molar refractivity (Wildman–Crippen MR) is 86.4 cm³/mol. The van der Waals surface area contributed by atoms with Crippen LogP contribution in [0.15, 0.2) is 59.8 Å². The molecule has 0 radical (unpaired) electrons. The highest BCUT2D eigenvalue weighted by Gasteiger charge is 1.95. The summed E-state index contributed by atoms with van der Waals surface area (Å²) in [5.74, 6) is 0. The third kappa shape index (κ3) is 5.60. The standard InChI is InChI=1S/C18H25N/c1-6-8-17-9-7-10-18(13-17)19-16(5)12-11-15(4)14(2)3/h7,9-13,19H,2,6,8H2,1,3-5H3/b15-11-,16-12+. The molecule has 0 aromatic heterocycles. The average Bonchev–Trinajstić information content (AvgIpc) is 2.36. The molecular formula is C18H25N. The molecule has 1 heteroatoms. The molecule has 19 heavy (non-hydrogen) atoms. The number of rotatable bonds is 6. The molecule has 1 aromatic rings. The van der Waals surface area contributed by atoms with Crippen LogP contribution < -0.4 is 5.32 Å². The van der Waals surface area contributed by atoms with Gasteiger partial charge in [0.1, 0.15) is 0 Å². The molecule has 0 heterocycles. The van der Waals surface area contributed by atoms with Crippen LogP contribution >= 0.6 is 0 Å². The number of anilines is 1. The molecule has 0 aliphatic heterocycles. The summed E-state index contributed by atoms with van der Waals surface area (Å²) in [5.41, 5.74) is 5.99. The van der Waals surface area contributed by atoms with Crippen LogP contribution in [0.4, 0.5) is 5.69 Å². The number of hydrogen-bond acceptors (Lipinski definition) is 1. The number of nitrogens with one attached hydrogen (secondary N) is 1. The third-order valence-electron chi connectivity index (χ3n) is 3.06. The largest absolute Gasteiger partial charge is 0.359 e. The molecule has 1 rings (SSSR count). The first-order valence-electron chi connectivity index (χ1n) is 6.90. The van der Waals surface area contributed by atoms with E-state index in [9.17, 15) is 0 Å². The molecule has 1 N–H and O–H groups in total. The fraction of sp³-hybridized carbons (Fsp3) is 0.333. The number of aryl methyl sites for hydroxylation is 1. The van der Waals surface area contributed by atoms with Gasteiger partial charge in [-0.25, -0.2) is 0 Å². The number of hydrogen-bond donors (Lipinski definition) is 1. The van der Waals surface area contributed by atoms with Gasteiger partial charge in [0.15, 0.2) is 0 Å². The molecule has 0 amide bonds. The van der Waals surface area contributed by atoms with Crippen molar-refractivity contribution < 1.29 is 0 Å². The van der Waals surface area contributed by atoms with E-state index >= 15 is 0 Å². The van der Waals surface area contributed by atoms with Crippen LogP contribution in [0.25, 0.3) is 0 Å². The van der Waals surface area contributed by atoms with Gasteiger partial charge in [-0.3, -0.25) is 0 Å². The van der Waals surface area contributed by atoms with E-state index in [1.54, 1.807) is 0 Å². The Kier molecular flexibility index (Phi) is 6.14. The van der Waals surface area contributed by atoms with E-state index in [1.807, 2.05) is 6.92 Å². The summed E-state index contributed by atoms with van der Waals surface area (Å²) in [6, 6.07) is 8.61. The zero-order valence-electron chi connectivity index (χ0n) is 12.6. The molecular weight excluding hydrogens is 230 g/mol. The van der Waals surface area contributed by atoms with Gasteiger partial charge in [-0.2, -0.15) is 0 Å². The monoisotopic (exact) mass is 255 g/mol. The fourth-order valence-corrected chi connectivity index (χ4v) is 1.75. The molecule has 0 unspecified atom stereocenters. The predicted octanol–water partition coefficient (Wildman–Crippen LogP) is 5.48. The lowest BCUT2D eigenvalue weighted by molar-refractivity contribution is 0.922. The summed E-state index contributed by atoms with van der Waals surface area (Å²) in [7, 11) is 0. The zero-order chi connectivity index (χ0) is 14.3. The smallest absolute Gasteiger partial charge is 0.0384 e. The highest BCUT2D eigenvalue weighted by Crippen LogP contribution is 2.14. The molecule has 1 aromatic carbocycles. The lowest BCUT2D eigenvalue weighted by Gasteiger charge is -2.08. The molecule has 0 fully saturated rings.